The van der Waals surface area contributed by atoms with Gasteiger partial charge in [-0.1, -0.05) is 18.2 Å². The van der Waals surface area contributed by atoms with Crippen molar-refractivity contribution >= 4 is 17.7 Å². The Morgan fingerprint density at radius 1 is 1.15 bits per heavy atom. The second kappa shape index (κ2) is 8.84. The lowest BCUT2D eigenvalue weighted by Gasteiger charge is -2.16. The highest BCUT2D eigenvalue weighted by atomic mass is 19.1. The highest BCUT2D eigenvalue weighted by molar-refractivity contribution is 5.95. The van der Waals surface area contributed by atoms with Crippen molar-refractivity contribution in [2.45, 2.75) is 26.5 Å². The molecule has 0 bridgehead atoms. The molecule has 138 valence electrons. The molecule has 6 nitrogen and oxygen atoms in total. The van der Waals surface area contributed by atoms with Crippen molar-refractivity contribution in [1.29, 1.82) is 0 Å². The monoisotopic (exact) mass is 360 g/mol. The average molecular weight is 360 g/mol. The van der Waals surface area contributed by atoms with E-state index in [1.807, 2.05) is 13.8 Å². The lowest BCUT2D eigenvalue weighted by Crippen LogP contribution is -2.29. The molecule has 2 rings (SSSR count). The quantitative estimate of drug-likeness (QED) is 0.770. The van der Waals surface area contributed by atoms with Crippen molar-refractivity contribution in [2.24, 2.45) is 0 Å². The van der Waals surface area contributed by atoms with E-state index in [0.29, 0.717) is 17.0 Å². The Kier molecular flexibility index (Phi) is 6.54. The lowest BCUT2D eigenvalue weighted by molar-refractivity contribution is 0.0600. The summed E-state index contributed by atoms with van der Waals surface area (Å²) in [7, 11) is 1.27. The lowest BCUT2D eigenvalue weighted by atomic mass is 10.2. The molecule has 0 aliphatic carbocycles. The van der Waals surface area contributed by atoms with Crippen LogP contribution >= 0.6 is 0 Å². The zero-order valence-electron chi connectivity index (χ0n) is 14.8. The first-order chi connectivity index (χ1) is 12.4. The van der Waals surface area contributed by atoms with Gasteiger partial charge in [-0.05, 0) is 38.1 Å². The van der Waals surface area contributed by atoms with Gasteiger partial charge in [0.1, 0.15) is 11.6 Å². The van der Waals surface area contributed by atoms with Crippen LogP contribution < -0.4 is 15.4 Å². The minimum Gasteiger partial charge on any atom is -0.489 e. The molecule has 7 heteroatoms. The van der Waals surface area contributed by atoms with Gasteiger partial charge in [0.15, 0.2) is 0 Å². The van der Waals surface area contributed by atoms with E-state index in [9.17, 15) is 14.0 Å². The van der Waals surface area contributed by atoms with Crippen molar-refractivity contribution in [3.8, 4) is 5.75 Å². The molecule has 0 saturated carbocycles. The van der Waals surface area contributed by atoms with Crippen molar-refractivity contribution < 1.29 is 23.5 Å². The second-order valence-electron chi connectivity index (χ2n) is 5.77. The number of methoxy groups -OCH3 is 1. The Hall–Kier alpha value is -3.09. The fourth-order valence-corrected chi connectivity index (χ4v) is 2.21. The van der Waals surface area contributed by atoms with Crippen LogP contribution in [0.1, 0.15) is 29.8 Å². The highest BCUT2D eigenvalue weighted by Crippen LogP contribution is 2.27. The summed E-state index contributed by atoms with van der Waals surface area (Å²) < 4.78 is 23.9. The third-order valence-electron chi connectivity index (χ3n) is 3.41. The van der Waals surface area contributed by atoms with E-state index >= 15 is 0 Å². The van der Waals surface area contributed by atoms with Gasteiger partial charge in [0.05, 0.1) is 24.5 Å². The molecular formula is C19H21FN2O4. The minimum atomic E-state index is -0.552. The van der Waals surface area contributed by atoms with Gasteiger partial charge in [-0.15, -0.1) is 0 Å². The van der Waals surface area contributed by atoms with Crippen molar-refractivity contribution in [2.75, 3.05) is 12.4 Å². The third-order valence-corrected chi connectivity index (χ3v) is 3.41. The van der Waals surface area contributed by atoms with Gasteiger partial charge in [-0.3, -0.25) is 0 Å². The number of benzene rings is 2. The van der Waals surface area contributed by atoms with Crippen molar-refractivity contribution in [3.05, 3.63) is 59.4 Å². The van der Waals surface area contributed by atoms with Crippen LogP contribution in [-0.4, -0.2) is 25.2 Å². The van der Waals surface area contributed by atoms with Gasteiger partial charge in [0.25, 0.3) is 0 Å². The van der Waals surface area contributed by atoms with Crippen LogP contribution in [0.2, 0.25) is 0 Å². The van der Waals surface area contributed by atoms with Gasteiger partial charge < -0.3 is 20.1 Å². The molecule has 0 saturated heterocycles. The van der Waals surface area contributed by atoms with Crippen molar-refractivity contribution in [3.63, 3.8) is 0 Å². The molecule has 2 aromatic carbocycles. The Morgan fingerprint density at radius 3 is 2.54 bits per heavy atom. The van der Waals surface area contributed by atoms with Crippen LogP contribution in [-0.2, 0) is 11.3 Å². The summed E-state index contributed by atoms with van der Waals surface area (Å²) in [6.45, 7) is 3.71. The average Bonchev–Trinajstić information content (AvgIpc) is 2.61. The van der Waals surface area contributed by atoms with Crippen LogP contribution in [0.4, 0.5) is 14.9 Å². The van der Waals surface area contributed by atoms with Crippen LogP contribution in [0.5, 0.6) is 5.75 Å². The number of urea groups is 1. The zero-order valence-corrected chi connectivity index (χ0v) is 14.8. The first-order valence-electron chi connectivity index (χ1n) is 8.08. The first kappa shape index (κ1) is 19.2. The molecule has 0 atom stereocenters. The maximum atomic E-state index is 13.6. The molecule has 2 amide bonds. The summed E-state index contributed by atoms with van der Waals surface area (Å²) in [5.74, 6) is -0.520. The Bertz CT molecular complexity index is 793. The molecule has 2 aromatic rings. The van der Waals surface area contributed by atoms with Gasteiger partial charge in [0.2, 0.25) is 0 Å². The predicted octanol–water partition coefficient (Wildman–Crippen LogP) is 3.72. The number of carbonyl (C=O) groups is 2. The summed E-state index contributed by atoms with van der Waals surface area (Å²) >= 11 is 0. The zero-order chi connectivity index (χ0) is 19.1. The van der Waals surface area contributed by atoms with Gasteiger partial charge in [0, 0.05) is 12.1 Å². The van der Waals surface area contributed by atoms with E-state index in [0.717, 1.165) is 0 Å². The second-order valence-corrected chi connectivity index (χ2v) is 5.77. The minimum absolute atomic E-state index is 0.0234. The number of carbonyl (C=O) groups excluding carboxylic acids is 2. The summed E-state index contributed by atoms with van der Waals surface area (Å²) in [5, 5.41) is 5.19. The van der Waals surface area contributed by atoms with Gasteiger partial charge in [-0.2, -0.15) is 0 Å². The van der Waals surface area contributed by atoms with Crippen LogP contribution in [0.3, 0.4) is 0 Å². The summed E-state index contributed by atoms with van der Waals surface area (Å²) in [6, 6.07) is 10.2. The number of halogens is 1. The largest absolute Gasteiger partial charge is 0.489 e. The summed E-state index contributed by atoms with van der Waals surface area (Å²) in [6.07, 6.45) is -0.124. The SMILES string of the molecule is COC(=O)c1ccc(OC(C)C)c(NC(=O)NCc2ccccc2F)c1. The number of anilines is 1. The van der Waals surface area contributed by atoms with E-state index in [4.69, 9.17) is 4.74 Å². The molecule has 0 spiro atoms. The molecule has 0 aliphatic rings. The molecule has 0 heterocycles. The van der Waals surface area contributed by atoms with E-state index in [-0.39, 0.29) is 18.2 Å². The molecule has 0 fully saturated rings. The number of amides is 2. The molecular weight excluding hydrogens is 339 g/mol. The molecule has 2 N–H and O–H groups in total. The fourth-order valence-electron chi connectivity index (χ4n) is 2.21. The standard InChI is InChI=1S/C19H21FN2O4/c1-12(2)26-17-9-8-13(18(23)25-3)10-16(17)22-19(24)21-11-14-6-4-5-7-15(14)20/h4-10,12H,11H2,1-3H3,(H2,21,22,24). The Labute approximate surface area is 151 Å². The maximum absolute atomic E-state index is 13.6. The normalized spacial score (nSPS) is 10.3. The van der Waals surface area contributed by atoms with Crippen molar-refractivity contribution in [1.82, 2.24) is 5.32 Å². The number of hydrogen-bond acceptors (Lipinski definition) is 4. The predicted molar refractivity (Wildman–Crippen MR) is 95.8 cm³/mol. The number of ether oxygens (including phenoxy) is 2. The van der Waals surface area contributed by atoms with Gasteiger partial charge >= 0.3 is 12.0 Å². The molecule has 0 aromatic heterocycles. The highest BCUT2D eigenvalue weighted by Gasteiger charge is 2.14. The summed E-state index contributed by atoms with van der Waals surface area (Å²) in [4.78, 5) is 23.9. The maximum Gasteiger partial charge on any atom is 0.337 e. The molecule has 26 heavy (non-hydrogen) atoms. The third kappa shape index (κ3) is 5.20. The van der Waals surface area contributed by atoms with Gasteiger partial charge in [-0.25, -0.2) is 14.0 Å². The van der Waals surface area contributed by atoms with Crippen LogP contribution in [0.25, 0.3) is 0 Å². The molecule has 0 radical (unpaired) electrons. The van der Waals surface area contributed by atoms with E-state index in [1.165, 1.54) is 19.2 Å². The number of nitrogens with one attached hydrogen (secondary N) is 2. The molecule has 0 aliphatic heterocycles. The topological polar surface area (TPSA) is 76.7 Å². The smallest absolute Gasteiger partial charge is 0.337 e. The number of hydrogen-bond donors (Lipinski definition) is 2. The Balaban J connectivity index is 2.13. The van der Waals surface area contributed by atoms with Crippen LogP contribution in [0.15, 0.2) is 42.5 Å². The number of rotatable bonds is 6. The summed E-state index contributed by atoms with van der Waals surface area (Å²) in [5.41, 5.74) is 0.949. The van der Waals surface area contributed by atoms with E-state index in [1.54, 1.807) is 30.3 Å². The fraction of sp³-hybridized carbons (Fsp3) is 0.263. The number of esters is 1. The first-order valence-corrected chi connectivity index (χ1v) is 8.08. The molecule has 0 unspecified atom stereocenters. The van der Waals surface area contributed by atoms with E-state index in [2.05, 4.69) is 15.4 Å². The van der Waals surface area contributed by atoms with Crippen LogP contribution in [0, 0.1) is 5.82 Å². The Morgan fingerprint density at radius 2 is 1.88 bits per heavy atom. The van der Waals surface area contributed by atoms with E-state index < -0.39 is 17.8 Å².